The zero-order valence-corrected chi connectivity index (χ0v) is 12.1. The molecule has 1 aromatic carbocycles. The Morgan fingerprint density at radius 3 is 2.60 bits per heavy atom. The predicted octanol–water partition coefficient (Wildman–Crippen LogP) is 1.93. The molecule has 0 radical (unpaired) electrons. The highest BCUT2D eigenvalue weighted by Gasteiger charge is 2.44. The third kappa shape index (κ3) is 2.58. The zero-order chi connectivity index (χ0) is 14.2. The van der Waals surface area contributed by atoms with Crippen molar-refractivity contribution in [3.8, 4) is 5.75 Å². The first-order valence-corrected chi connectivity index (χ1v) is 7.15. The van der Waals surface area contributed by atoms with E-state index in [1.165, 1.54) is 0 Å². The van der Waals surface area contributed by atoms with E-state index in [4.69, 9.17) is 9.47 Å². The molecule has 20 heavy (non-hydrogen) atoms. The zero-order valence-electron chi connectivity index (χ0n) is 12.1. The van der Waals surface area contributed by atoms with E-state index in [0.717, 1.165) is 43.9 Å². The molecule has 0 N–H and O–H groups in total. The van der Waals surface area contributed by atoms with Crippen LogP contribution in [0.25, 0.3) is 0 Å². The fourth-order valence-electron chi connectivity index (χ4n) is 3.08. The summed E-state index contributed by atoms with van der Waals surface area (Å²) in [6.45, 7) is 7.90. The second kappa shape index (κ2) is 5.19. The molecule has 2 fully saturated rings. The molecule has 0 aliphatic carbocycles. The van der Waals surface area contributed by atoms with Crippen LogP contribution in [0.15, 0.2) is 18.2 Å². The number of para-hydroxylation sites is 1. The lowest BCUT2D eigenvalue weighted by Gasteiger charge is -2.37. The summed E-state index contributed by atoms with van der Waals surface area (Å²) in [7, 11) is 0. The summed E-state index contributed by atoms with van der Waals surface area (Å²) >= 11 is 0. The maximum atomic E-state index is 12.1. The third-order valence-electron chi connectivity index (χ3n) is 4.31. The Morgan fingerprint density at radius 1 is 1.35 bits per heavy atom. The van der Waals surface area contributed by atoms with Gasteiger partial charge in [-0.25, -0.2) is 0 Å². The van der Waals surface area contributed by atoms with Crippen LogP contribution >= 0.6 is 0 Å². The largest absolute Gasteiger partial charge is 0.425 e. The van der Waals surface area contributed by atoms with Gasteiger partial charge in [0.1, 0.15) is 5.75 Å². The highest BCUT2D eigenvalue weighted by atomic mass is 16.5. The van der Waals surface area contributed by atoms with Crippen LogP contribution in [0, 0.1) is 19.3 Å². The second-order valence-electron chi connectivity index (χ2n) is 6.15. The van der Waals surface area contributed by atoms with Gasteiger partial charge < -0.3 is 9.47 Å². The summed E-state index contributed by atoms with van der Waals surface area (Å²) in [6.07, 6.45) is 1.13. The minimum Gasteiger partial charge on any atom is -0.425 e. The van der Waals surface area contributed by atoms with Crippen molar-refractivity contribution in [3.63, 3.8) is 0 Å². The number of benzene rings is 1. The molecule has 2 aliphatic heterocycles. The van der Waals surface area contributed by atoms with Crippen molar-refractivity contribution in [1.82, 2.24) is 4.90 Å². The Morgan fingerprint density at radius 2 is 2.05 bits per heavy atom. The summed E-state index contributed by atoms with van der Waals surface area (Å²) < 4.78 is 10.8. The molecule has 0 unspecified atom stereocenters. The topological polar surface area (TPSA) is 38.8 Å². The first-order chi connectivity index (χ1) is 9.58. The van der Waals surface area contributed by atoms with Gasteiger partial charge in [-0.15, -0.1) is 0 Å². The molecule has 2 aliphatic rings. The minimum atomic E-state index is -0.167. The van der Waals surface area contributed by atoms with E-state index in [9.17, 15) is 4.79 Å². The molecule has 0 aromatic heterocycles. The first-order valence-electron chi connectivity index (χ1n) is 7.15. The van der Waals surface area contributed by atoms with Crippen LogP contribution < -0.4 is 4.74 Å². The third-order valence-corrected chi connectivity index (χ3v) is 4.31. The average molecular weight is 275 g/mol. The molecular formula is C16H21NO3. The number of carbonyl (C=O) groups is 1. The Balaban J connectivity index is 1.58. The van der Waals surface area contributed by atoms with E-state index in [-0.39, 0.29) is 5.97 Å². The molecule has 4 heteroatoms. The van der Waals surface area contributed by atoms with Crippen LogP contribution in [0.5, 0.6) is 5.75 Å². The van der Waals surface area contributed by atoms with Crippen LogP contribution in [0.2, 0.25) is 0 Å². The van der Waals surface area contributed by atoms with Crippen LogP contribution in [0.1, 0.15) is 17.5 Å². The quantitative estimate of drug-likeness (QED) is 0.624. The molecule has 2 saturated heterocycles. The van der Waals surface area contributed by atoms with E-state index in [1.54, 1.807) is 0 Å². The van der Waals surface area contributed by atoms with Crippen LogP contribution in [0.4, 0.5) is 0 Å². The number of likely N-dealkylation sites (tertiary alicyclic amines) is 1. The van der Waals surface area contributed by atoms with Crippen LogP contribution in [-0.2, 0) is 9.53 Å². The van der Waals surface area contributed by atoms with Crippen molar-refractivity contribution < 1.29 is 14.3 Å². The summed E-state index contributed by atoms with van der Waals surface area (Å²) in [5.74, 6) is 0.540. The lowest BCUT2D eigenvalue weighted by molar-refractivity contribution is -0.136. The van der Waals surface area contributed by atoms with E-state index >= 15 is 0 Å². The van der Waals surface area contributed by atoms with Crippen molar-refractivity contribution in [2.75, 3.05) is 32.8 Å². The van der Waals surface area contributed by atoms with Gasteiger partial charge in [-0.05, 0) is 37.9 Å². The van der Waals surface area contributed by atoms with Gasteiger partial charge in [-0.3, -0.25) is 9.69 Å². The van der Waals surface area contributed by atoms with E-state index < -0.39 is 0 Å². The Hall–Kier alpha value is -1.39. The number of rotatable bonds is 3. The van der Waals surface area contributed by atoms with E-state index in [2.05, 4.69) is 4.90 Å². The lowest BCUT2D eigenvalue weighted by Crippen LogP contribution is -2.45. The summed E-state index contributed by atoms with van der Waals surface area (Å²) in [4.78, 5) is 14.3. The van der Waals surface area contributed by atoms with Crippen molar-refractivity contribution in [2.24, 2.45) is 5.41 Å². The summed E-state index contributed by atoms with van der Waals surface area (Å²) in [6, 6.07) is 5.90. The SMILES string of the molecule is Cc1cccc(C)c1OC(=O)CN1CCC2(COC2)C1. The molecule has 0 saturated carbocycles. The van der Waals surface area contributed by atoms with Crippen molar-refractivity contribution in [1.29, 1.82) is 0 Å². The van der Waals surface area contributed by atoms with Crippen molar-refractivity contribution >= 4 is 5.97 Å². The van der Waals surface area contributed by atoms with Gasteiger partial charge in [0.05, 0.1) is 19.8 Å². The molecule has 3 rings (SSSR count). The molecule has 0 atom stereocenters. The number of esters is 1. The molecule has 2 heterocycles. The van der Waals surface area contributed by atoms with E-state index in [1.807, 2.05) is 32.0 Å². The standard InChI is InChI=1S/C16H21NO3/c1-12-4-3-5-13(2)15(12)20-14(18)8-17-7-6-16(9-17)10-19-11-16/h3-5H,6-11H2,1-2H3. The molecular weight excluding hydrogens is 254 g/mol. The van der Waals surface area contributed by atoms with Crippen molar-refractivity contribution in [3.05, 3.63) is 29.3 Å². The number of hydrogen-bond donors (Lipinski definition) is 0. The normalized spacial score (nSPS) is 20.9. The molecule has 0 bridgehead atoms. The number of nitrogens with zero attached hydrogens (tertiary/aromatic N) is 1. The van der Waals surface area contributed by atoms with Crippen molar-refractivity contribution in [2.45, 2.75) is 20.3 Å². The van der Waals surface area contributed by atoms with Gasteiger partial charge in [0.2, 0.25) is 0 Å². The van der Waals surface area contributed by atoms with Crippen LogP contribution in [0.3, 0.4) is 0 Å². The Kier molecular flexibility index (Phi) is 3.52. The number of carbonyl (C=O) groups excluding carboxylic acids is 1. The predicted molar refractivity (Wildman–Crippen MR) is 75.9 cm³/mol. The van der Waals surface area contributed by atoms with Gasteiger partial charge in [0.25, 0.3) is 0 Å². The lowest BCUT2D eigenvalue weighted by atomic mass is 9.85. The maximum absolute atomic E-state index is 12.1. The number of hydrogen-bond acceptors (Lipinski definition) is 4. The van der Waals surface area contributed by atoms with Gasteiger partial charge in [-0.1, -0.05) is 18.2 Å². The van der Waals surface area contributed by atoms with Gasteiger partial charge in [-0.2, -0.15) is 0 Å². The Labute approximate surface area is 119 Å². The second-order valence-corrected chi connectivity index (χ2v) is 6.15. The monoisotopic (exact) mass is 275 g/mol. The highest BCUT2D eigenvalue weighted by Crippen LogP contribution is 2.37. The van der Waals surface area contributed by atoms with Gasteiger partial charge >= 0.3 is 5.97 Å². The maximum Gasteiger partial charge on any atom is 0.325 e. The molecule has 0 amide bonds. The van der Waals surface area contributed by atoms with Gasteiger partial charge in [0, 0.05) is 12.0 Å². The first kappa shape index (κ1) is 13.6. The fourth-order valence-corrected chi connectivity index (χ4v) is 3.08. The fraction of sp³-hybridized carbons (Fsp3) is 0.562. The van der Waals surface area contributed by atoms with Gasteiger partial charge in [0.15, 0.2) is 0 Å². The Bertz CT molecular complexity index is 502. The summed E-state index contributed by atoms with van der Waals surface area (Å²) in [5, 5.41) is 0. The molecule has 108 valence electrons. The van der Waals surface area contributed by atoms with E-state index in [0.29, 0.717) is 17.7 Å². The molecule has 4 nitrogen and oxygen atoms in total. The molecule has 1 aromatic rings. The minimum absolute atomic E-state index is 0.167. The number of aryl methyl sites for hydroxylation is 2. The average Bonchev–Trinajstić information content (AvgIpc) is 2.78. The number of ether oxygens (including phenoxy) is 2. The smallest absolute Gasteiger partial charge is 0.325 e. The summed E-state index contributed by atoms with van der Waals surface area (Å²) in [5.41, 5.74) is 2.33. The highest BCUT2D eigenvalue weighted by molar-refractivity contribution is 5.75. The molecule has 1 spiro atoms. The van der Waals surface area contributed by atoms with Crippen LogP contribution in [-0.4, -0.2) is 43.7 Å².